The van der Waals surface area contributed by atoms with Gasteiger partial charge in [-0.1, -0.05) is 0 Å². The van der Waals surface area contributed by atoms with Crippen molar-refractivity contribution in [2.45, 2.75) is 6.54 Å². The molecule has 2 heterocycles. The number of anilines is 1. The van der Waals surface area contributed by atoms with Crippen LogP contribution in [-0.2, 0) is 11.3 Å². The van der Waals surface area contributed by atoms with Crippen LogP contribution in [-0.4, -0.2) is 33.6 Å². The van der Waals surface area contributed by atoms with Crippen molar-refractivity contribution in [2.24, 2.45) is 0 Å². The topological polar surface area (TPSA) is 75.4 Å². The number of carboxylic acids is 1. The number of carbonyl (C=O) groups is 2. The number of carboxylic acid groups (broad SMARTS) is 1. The maximum Gasteiger partial charge on any atom is 0.352 e. The van der Waals surface area contributed by atoms with Gasteiger partial charge >= 0.3 is 5.97 Å². The van der Waals surface area contributed by atoms with E-state index in [4.69, 9.17) is 5.11 Å². The number of hydrogen-bond donors (Lipinski definition) is 1. The molecule has 2 rings (SSSR count). The maximum absolute atomic E-state index is 12.1. The zero-order chi connectivity index (χ0) is 13.8. The second-order valence-corrected chi connectivity index (χ2v) is 3.99. The van der Waals surface area contributed by atoms with Crippen molar-refractivity contribution >= 4 is 17.6 Å². The van der Waals surface area contributed by atoms with Crippen LogP contribution in [0.25, 0.3) is 0 Å². The van der Waals surface area contributed by atoms with Gasteiger partial charge in [0.05, 0.1) is 11.9 Å². The molecular formula is C13H13N3O3. The third kappa shape index (κ3) is 2.79. The molecule has 0 aliphatic heterocycles. The first-order chi connectivity index (χ1) is 9.09. The van der Waals surface area contributed by atoms with Gasteiger partial charge in [0.2, 0.25) is 5.91 Å². The SMILES string of the molecule is CN(C(=O)Cn1cccc1C(=O)O)c1cccnc1. The molecule has 6 nitrogen and oxygen atoms in total. The van der Waals surface area contributed by atoms with Crippen molar-refractivity contribution in [3.8, 4) is 0 Å². The Hall–Kier alpha value is -2.63. The predicted molar refractivity (Wildman–Crippen MR) is 69.0 cm³/mol. The Kier molecular flexibility index (Phi) is 3.61. The lowest BCUT2D eigenvalue weighted by molar-refractivity contribution is -0.118. The van der Waals surface area contributed by atoms with E-state index >= 15 is 0 Å². The van der Waals surface area contributed by atoms with Crippen LogP contribution >= 0.6 is 0 Å². The Morgan fingerprint density at radius 3 is 2.79 bits per heavy atom. The molecule has 0 bridgehead atoms. The number of rotatable bonds is 4. The van der Waals surface area contributed by atoms with E-state index in [1.807, 2.05) is 0 Å². The summed E-state index contributed by atoms with van der Waals surface area (Å²) in [5, 5.41) is 8.97. The fraction of sp³-hybridized carbons (Fsp3) is 0.154. The van der Waals surface area contributed by atoms with Crippen LogP contribution < -0.4 is 4.90 Å². The molecule has 1 amide bonds. The number of aromatic nitrogens is 2. The van der Waals surface area contributed by atoms with Gasteiger partial charge in [0, 0.05) is 19.4 Å². The van der Waals surface area contributed by atoms with E-state index < -0.39 is 5.97 Å². The largest absolute Gasteiger partial charge is 0.477 e. The molecule has 1 N–H and O–H groups in total. The highest BCUT2D eigenvalue weighted by Crippen LogP contribution is 2.11. The number of aromatic carboxylic acids is 1. The Bertz CT molecular complexity index is 592. The molecule has 0 saturated heterocycles. The number of hydrogen-bond acceptors (Lipinski definition) is 3. The summed E-state index contributed by atoms with van der Waals surface area (Å²) < 4.78 is 1.40. The monoisotopic (exact) mass is 259 g/mol. The molecule has 0 radical (unpaired) electrons. The zero-order valence-electron chi connectivity index (χ0n) is 10.4. The van der Waals surface area contributed by atoms with Crippen molar-refractivity contribution in [3.05, 3.63) is 48.5 Å². The molecule has 0 spiro atoms. The quantitative estimate of drug-likeness (QED) is 0.896. The van der Waals surface area contributed by atoms with Crippen molar-refractivity contribution in [3.63, 3.8) is 0 Å². The first-order valence-electron chi connectivity index (χ1n) is 5.64. The normalized spacial score (nSPS) is 10.2. The Morgan fingerprint density at radius 1 is 1.37 bits per heavy atom. The number of amides is 1. The van der Waals surface area contributed by atoms with E-state index in [9.17, 15) is 9.59 Å². The number of pyridine rings is 1. The highest BCUT2D eigenvalue weighted by atomic mass is 16.4. The highest BCUT2D eigenvalue weighted by molar-refractivity contribution is 5.93. The third-order valence-electron chi connectivity index (χ3n) is 2.76. The smallest absolute Gasteiger partial charge is 0.352 e. The van der Waals surface area contributed by atoms with Gasteiger partial charge in [-0.15, -0.1) is 0 Å². The van der Waals surface area contributed by atoms with Crippen molar-refractivity contribution in [1.82, 2.24) is 9.55 Å². The summed E-state index contributed by atoms with van der Waals surface area (Å²) in [6, 6.07) is 6.55. The lowest BCUT2D eigenvalue weighted by Crippen LogP contribution is -2.30. The van der Waals surface area contributed by atoms with Gasteiger partial charge in [-0.05, 0) is 24.3 Å². The van der Waals surface area contributed by atoms with Crippen LogP contribution in [0.5, 0.6) is 0 Å². The molecule has 98 valence electrons. The van der Waals surface area contributed by atoms with Crippen LogP contribution in [0.15, 0.2) is 42.9 Å². The minimum absolute atomic E-state index is 0.0278. The minimum Gasteiger partial charge on any atom is -0.477 e. The Balaban J connectivity index is 2.13. The molecule has 6 heteroatoms. The summed E-state index contributed by atoms with van der Waals surface area (Å²) >= 11 is 0. The fourth-order valence-corrected chi connectivity index (χ4v) is 1.69. The van der Waals surface area contributed by atoms with E-state index in [1.165, 1.54) is 15.5 Å². The molecule has 0 aliphatic carbocycles. The maximum atomic E-state index is 12.1. The summed E-state index contributed by atoms with van der Waals surface area (Å²) in [6.07, 6.45) is 4.76. The standard InChI is InChI=1S/C13H13N3O3/c1-15(10-4-2-6-14-8-10)12(17)9-16-7-3-5-11(16)13(18)19/h2-8H,9H2,1H3,(H,18,19). The summed E-state index contributed by atoms with van der Waals surface area (Å²) in [4.78, 5) is 28.4. The van der Waals surface area contributed by atoms with E-state index in [1.54, 1.807) is 43.8 Å². The summed E-state index contributed by atoms with van der Waals surface area (Å²) in [7, 11) is 1.63. The van der Waals surface area contributed by atoms with E-state index in [0.29, 0.717) is 5.69 Å². The average Bonchev–Trinajstić information content (AvgIpc) is 2.87. The lowest BCUT2D eigenvalue weighted by atomic mass is 10.3. The van der Waals surface area contributed by atoms with E-state index in [2.05, 4.69) is 4.98 Å². The van der Waals surface area contributed by atoms with Crippen LogP contribution in [0, 0.1) is 0 Å². The average molecular weight is 259 g/mol. The van der Waals surface area contributed by atoms with Gasteiger partial charge in [0.25, 0.3) is 0 Å². The van der Waals surface area contributed by atoms with Crippen LogP contribution in [0.3, 0.4) is 0 Å². The molecule has 0 fully saturated rings. The Morgan fingerprint density at radius 2 is 2.16 bits per heavy atom. The number of likely N-dealkylation sites (N-methyl/N-ethyl adjacent to an activating group) is 1. The second-order valence-electron chi connectivity index (χ2n) is 3.99. The molecule has 0 aromatic carbocycles. The number of nitrogens with zero attached hydrogens (tertiary/aromatic N) is 3. The number of carbonyl (C=O) groups excluding carboxylic acids is 1. The summed E-state index contributed by atoms with van der Waals surface area (Å²) in [5.74, 6) is -1.27. The van der Waals surface area contributed by atoms with E-state index in [-0.39, 0.29) is 18.1 Å². The van der Waals surface area contributed by atoms with Gasteiger partial charge in [-0.3, -0.25) is 9.78 Å². The van der Waals surface area contributed by atoms with Crippen LogP contribution in [0.2, 0.25) is 0 Å². The molecule has 19 heavy (non-hydrogen) atoms. The minimum atomic E-state index is -1.05. The predicted octanol–water partition coefficient (Wildman–Crippen LogP) is 1.24. The van der Waals surface area contributed by atoms with Crippen LogP contribution in [0.1, 0.15) is 10.5 Å². The van der Waals surface area contributed by atoms with Gasteiger partial charge in [-0.2, -0.15) is 0 Å². The second kappa shape index (κ2) is 5.34. The van der Waals surface area contributed by atoms with Gasteiger partial charge in [0.15, 0.2) is 0 Å². The molecular weight excluding hydrogens is 246 g/mol. The molecule has 0 unspecified atom stereocenters. The molecule has 0 saturated carbocycles. The third-order valence-corrected chi connectivity index (χ3v) is 2.76. The summed E-state index contributed by atoms with van der Waals surface area (Å²) in [6.45, 7) is -0.0278. The van der Waals surface area contributed by atoms with Gasteiger partial charge in [-0.25, -0.2) is 4.79 Å². The first kappa shape index (κ1) is 12.8. The van der Waals surface area contributed by atoms with Crippen molar-refractivity contribution in [1.29, 1.82) is 0 Å². The lowest BCUT2D eigenvalue weighted by Gasteiger charge is -2.17. The summed E-state index contributed by atoms with van der Waals surface area (Å²) in [5.41, 5.74) is 0.754. The van der Waals surface area contributed by atoms with Crippen molar-refractivity contribution in [2.75, 3.05) is 11.9 Å². The Labute approximate surface area is 109 Å². The van der Waals surface area contributed by atoms with Gasteiger partial charge < -0.3 is 14.6 Å². The van der Waals surface area contributed by atoms with Gasteiger partial charge in [0.1, 0.15) is 12.2 Å². The fourth-order valence-electron chi connectivity index (χ4n) is 1.69. The molecule has 2 aromatic rings. The van der Waals surface area contributed by atoms with E-state index in [0.717, 1.165) is 0 Å². The van der Waals surface area contributed by atoms with Crippen molar-refractivity contribution < 1.29 is 14.7 Å². The molecule has 0 atom stereocenters. The molecule has 2 aromatic heterocycles. The molecule has 0 aliphatic rings. The van der Waals surface area contributed by atoms with Crippen LogP contribution in [0.4, 0.5) is 5.69 Å². The first-order valence-corrected chi connectivity index (χ1v) is 5.64. The highest BCUT2D eigenvalue weighted by Gasteiger charge is 2.15. The zero-order valence-corrected chi connectivity index (χ0v) is 10.4.